The van der Waals surface area contributed by atoms with Gasteiger partial charge in [-0.05, 0) is 43.0 Å². The first-order valence-corrected chi connectivity index (χ1v) is 5.13. The highest BCUT2D eigenvalue weighted by molar-refractivity contribution is 6.30. The molecule has 2 N–H and O–H groups in total. The summed E-state index contributed by atoms with van der Waals surface area (Å²) in [5.41, 5.74) is 7.81. The van der Waals surface area contributed by atoms with Gasteiger partial charge in [0.25, 0.3) is 0 Å². The van der Waals surface area contributed by atoms with E-state index in [-0.39, 0.29) is 16.3 Å². The van der Waals surface area contributed by atoms with Crippen LogP contribution in [-0.2, 0) is 5.41 Å². The monoisotopic (exact) mass is 213 g/mol. The van der Waals surface area contributed by atoms with Crippen LogP contribution in [0.15, 0.2) is 12.1 Å². The maximum absolute atomic E-state index is 13.3. The minimum absolute atomic E-state index is 0.0372. The second kappa shape index (κ2) is 3.21. The molecule has 1 fully saturated rings. The maximum atomic E-state index is 13.3. The van der Waals surface area contributed by atoms with Gasteiger partial charge < -0.3 is 5.73 Å². The van der Waals surface area contributed by atoms with Gasteiger partial charge in [0.15, 0.2) is 0 Å². The first kappa shape index (κ1) is 9.94. The normalized spacial score (nSPS) is 18.3. The lowest BCUT2D eigenvalue weighted by Crippen LogP contribution is -2.21. The molecule has 0 bridgehead atoms. The van der Waals surface area contributed by atoms with Gasteiger partial charge in [-0.2, -0.15) is 0 Å². The second-order valence-electron chi connectivity index (χ2n) is 4.07. The number of hydrogen-bond acceptors (Lipinski definition) is 1. The van der Waals surface area contributed by atoms with Crippen molar-refractivity contribution in [3.05, 3.63) is 34.1 Å². The van der Waals surface area contributed by atoms with Crippen molar-refractivity contribution >= 4 is 11.6 Å². The third-order valence-corrected chi connectivity index (χ3v) is 3.37. The van der Waals surface area contributed by atoms with E-state index in [0.29, 0.717) is 6.54 Å². The van der Waals surface area contributed by atoms with Crippen LogP contribution in [-0.4, -0.2) is 6.54 Å². The van der Waals surface area contributed by atoms with E-state index in [1.165, 1.54) is 6.07 Å². The fraction of sp³-hybridized carbons (Fsp3) is 0.455. The Kier molecular flexibility index (Phi) is 2.28. The molecule has 1 aliphatic rings. The van der Waals surface area contributed by atoms with Gasteiger partial charge in [0.1, 0.15) is 5.82 Å². The number of rotatable bonds is 2. The van der Waals surface area contributed by atoms with Gasteiger partial charge in [-0.25, -0.2) is 4.39 Å². The van der Waals surface area contributed by atoms with Crippen LogP contribution in [0.3, 0.4) is 0 Å². The molecule has 1 nitrogen and oxygen atoms in total. The molecule has 0 aliphatic heterocycles. The van der Waals surface area contributed by atoms with Crippen LogP contribution in [0, 0.1) is 12.7 Å². The van der Waals surface area contributed by atoms with E-state index >= 15 is 0 Å². The molecule has 14 heavy (non-hydrogen) atoms. The third-order valence-electron chi connectivity index (χ3n) is 3.08. The first-order chi connectivity index (χ1) is 6.59. The second-order valence-corrected chi connectivity index (χ2v) is 4.47. The molecule has 0 radical (unpaired) electrons. The average molecular weight is 214 g/mol. The summed E-state index contributed by atoms with van der Waals surface area (Å²) in [6, 6.07) is 3.22. The molecule has 0 heterocycles. The molecule has 0 amide bonds. The van der Waals surface area contributed by atoms with E-state index in [4.69, 9.17) is 17.3 Å². The predicted molar refractivity (Wildman–Crippen MR) is 56.1 cm³/mol. The summed E-state index contributed by atoms with van der Waals surface area (Å²) in [6.45, 7) is 2.55. The standard InChI is InChI=1S/C11H13ClFN/c1-7-4-9(12)10(13)5-8(7)11(6-14)2-3-11/h4-5H,2-3,6,14H2,1H3. The summed E-state index contributed by atoms with van der Waals surface area (Å²) in [5.74, 6) is -0.341. The summed E-state index contributed by atoms with van der Waals surface area (Å²) >= 11 is 5.69. The fourth-order valence-electron chi connectivity index (χ4n) is 1.95. The van der Waals surface area contributed by atoms with Gasteiger partial charge in [0.05, 0.1) is 5.02 Å². The van der Waals surface area contributed by atoms with Crippen molar-refractivity contribution in [1.29, 1.82) is 0 Å². The van der Waals surface area contributed by atoms with Gasteiger partial charge in [0, 0.05) is 12.0 Å². The van der Waals surface area contributed by atoms with Crippen molar-refractivity contribution in [1.82, 2.24) is 0 Å². The lowest BCUT2D eigenvalue weighted by molar-refractivity contribution is 0.615. The lowest BCUT2D eigenvalue weighted by atomic mass is 9.92. The highest BCUT2D eigenvalue weighted by atomic mass is 35.5. The third kappa shape index (κ3) is 1.43. The molecular weight excluding hydrogens is 201 g/mol. The summed E-state index contributed by atoms with van der Waals surface area (Å²) in [7, 11) is 0. The Morgan fingerprint density at radius 3 is 2.64 bits per heavy atom. The van der Waals surface area contributed by atoms with Gasteiger partial charge >= 0.3 is 0 Å². The van der Waals surface area contributed by atoms with E-state index in [1.807, 2.05) is 6.92 Å². The van der Waals surface area contributed by atoms with Crippen molar-refractivity contribution < 1.29 is 4.39 Å². The van der Waals surface area contributed by atoms with Crippen molar-refractivity contribution in [2.24, 2.45) is 5.73 Å². The van der Waals surface area contributed by atoms with Crippen LogP contribution in [0.1, 0.15) is 24.0 Å². The minimum atomic E-state index is -0.341. The van der Waals surface area contributed by atoms with Crippen LogP contribution >= 0.6 is 11.6 Å². The minimum Gasteiger partial charge on any atom is -0.330 e. The Labute approximate surface area is 88.1 Å². The summed E-state index contributed by atoms with van der Waals surface area (Å²) in [5, 5.41) is 0.194. The van der Waals surface area contributed by atoms with E-state index in [0.717, 1.165) is 24.0 Å². The zero-order valence-corrected chi connectivity index (χ0v) is 8.87. The van der Waals surface area contributed by atoms with Crippen LogP contribution < -0.4 is 5.73 Å². The summed E-state index contributed by atoms with van der Waals surface area (Å²) in [4.78, 5) is 0. The molecule has 3 heteroatoms. The zero-order valence-electron chi connectivity index (χ0n) is 8.11. The lowest BCUT2D eigenvalue weighted by Gasteiger charge is -2.16. The van der Waals surface area contributed by atoms with Gasteiger partial charge in [0.2, 0.25) is 0 Å². The van der Waals surface area contributed by atoms with Crippen LogP contribution in [0.4, 0.5) is 4.39 Å². The quantitative estimate of drug-likeness (QED) is 0.804. The van der Waals surface area contributed by atoms with Crippen molar-refractivity contribution in [3.63, 3.8) is 0 Å². The van der Waals surface area contributed by atoms with E-state index in [2.05, 4.69) is 0 Å². The Balaban J connectivity index is 2.49. The van der Waals surface area contributed by atoms with E-state index in [9.17, 15) is 4.39 Å². The molecule has 2 rings (SSSR count). The molecule has 0 atom stereocenters. The fourth-order valence-corrected chi connectivity index (χ4v) is 2.17. The van der Waals surface area contributed by atoms with Crippen molar-refractivity contribution in [3.8, 4) is 0 Å². The SMILES string of the molecule is Cc1cc(Cl)c(F)cc1C1(CN)CC1. The molecular formula is C11H13ClFN. The zero-order chi connectivity index (χ0) is 10.3. The Hall–Kier alpha value is -0.600. The van der Waals surface area contributed by atoms with E-state index in [1.54, 1.807) is 6.07 Å². The molecule has 1 aromatic carbocycles. The van der Waals surface area contributed by atoms with Crippen molar-refractivity contribution in [2.45, 2.75) is 25.2 Å². The van der Waals surface area contributed by atoms with Crippen LogP contribution in [0.5, 0.6) is 0 Å². The first-order valence-electron chi connectivity index (χ1n) is 4.75. The van der Waals surface area contributed by atoms with Crippen LogP contribution in [0.25, 0.3) is 0 Å². The van der Waals surface area contributed by atoms with Crippen molar-refractivity contribution in [2.75, 3.05) is 6.54 Å². The highest BCUT2D eigenvalue weighted by Crippen LogP contribution is 2.48. The van der Waals surface area contributed by atoms with Gasteiger partial charge in [-0.3, -0.25) is 0 Å². The average Bonchev–Trinajstić information content (AvgIpc) is 2.92. The largest absolute Gasteiger partial charge is 0.330 e. The molecule has 1 aliphatic carbocycles. The number of hydrogen-bond donors (Lipinski definition) is 1. The Morgan fingerprint density at radius 1 is 1.50 bits per heavy atom. The smallest absolute Gasteiger partial charge is 0.142 e. The highest BCUT2D eigenvalue weighted by Gasteiger charge is 2.44. The number of aryl methyl sites for hydroxylation is 1. The number of nitrogens with two attached hydrogens (primary N) is 1. The summed E-state index contributed by atoms with van der Waals surface area (Å²) < 4.78 is 13.3. The molecule has 0 unspecified atom stereocenters. The topological polar surface area (TPSA) is 26.0 Å². The van der Waals surface area contributed by atoms with Gasteiger partial charge in [-0.15, -0.1) is 0 Å². The van der Waals surface area contributed by atoms with Gasteiger partial charge in [-0.1, -0.05) is 11.6 Å². The number of halogens is 2. The molecule has 1 aromatic rings. The molecule has 0 spiro atoms. The van der Waals surface area contributed by atoms with E-state index < -0.39 is 0 Å². The molecule has 0 aromatic heterocycles. The molecule has 1 saturated carbocycles. The Morgan fingerprint density at radius 2 is 2.14 bits per heavy atom. The predicted octanol–water partition coefficient (Wildman–Crippen LogP) is 2.78. The molecule has 0 saturated heterocycles. The molecule has 76 valence electrons. The number of benzene rings is 1. The summed E-state index contributed by atoms with van der Waals surface area (Å²) in [6.07, 6.45) is 2.12. The van der Waals surface area contributed by atoms with Crippen LogP contribution in [0.2, 0.25) is 5.02 Å². The Bertz CT molecular complexity index is 372. The maximum Gasteiger partial charge on any atom is 0.142 e.